The predicted octanol–water partition coefficient (Wildman–Crippen LogP) is 3.73. The summed E-state index contributed by atoms with van der Waals surface area (Å²) in [6, 6.07) is 9.74. The molecule has 3 rings (SSSR count). The molecule has 0 aliphatic rings. The number of benzene rings is 1. The molecule has 0 fully saturated rings. The summed E-state index contributed by atoms with van der Waals surface area (Å²) < 4.78 is 29.7. The van der Waals surface area contributed by atoms with Gasteiger partial charge in [-0.05, 0) is 24.1 Å². The Morgan fingerprint density at radius 2 is 1.93 bits per heavy atom. The zero-order valence-electron chi connectivity index (χ0n) is 16.8. The fourth-order valence-electron chi connectivity index (χ4n) is 2.87. The van der Waals surface area contributed by atoms with E-state index in [2.05, 4.69) is 15.4 Å². The van der Waals surface area contributed by atoms with Gasteiger partial charge in [0.1, 0.15) is 0 Å². The van der Waals surface area contributed by atoms with Crippen LogP contribution in [0.25, 0.3) is 5.82 Å². The van der Waals surface area contributed by atoms with Gasteiger partial charge in [0.2, 0.25) is 5.91 Å². The van der Waals surface area contributed by atoms with Crippen LogP contribution in [0.4, 0.5) is 11.4 Å². The lowest BCUT2D eigenvalue weighted by atomic mass is 10.2. The third-order valence-corrected chi connectivity index (χ3v) is 6.07. The van der Waals surface area contributed by atoms with Crippen molar-refractivity contribution in [2.24, 2.45) is 5.92 Å². The van der Waals surface area contributed by atoms with Crippen LogP contribution in [0.5, 0.6) is 0 Å². The summed E-state index contributed by atoms with van der Waals surface area (Å²) in [6.45, 7) is 5.45. The first-order valence-electron chi connectivity index (χ1n) is 9.24. The van der Waals surface area contributed by atoms with E-state index in [1.54, 1.807) is 42.6 Å². The number of sulfonamides is 1. The minimum Gasteiger partial charge on any atom is -0.324 e. The lowest BCUT2D eigenvalue weighted by Crippen LogP contribution is -2.35. The number of nitrogens with zero attached hydrogens (tertiary/aromatic N) is 4. The van der Waals surface area contributed by atoms with Gasteiger partial charge in [-0.1, -0.05) is 43.6 Å². The molecular weight excluding hydrogens is 426 g/mol. The van der Waals surface area contributed by atoms with Gasteiger partial charge in [-0.25, -0.2) is 18.1 Å². The maximum Gasteiger partial charge on any atom is 0.264 e. The number of nitrogens with one attached hydrogen (secondary N) is 1. The van der Waals surface area contributed by atoms with E-state index >= 15 is 0 Å². The summed E-state index contributed by atoms with van der Waals surface area (Å²) in [4.78, 5) is 15.8. The fourth-order valence-corrected chi connectivity index (χ4v) is 4.66. The summed E-state index contributed by atoms with van der Waals surface area (Å²) >= 11 is 6.18. The average Bonchev–Trinajstić information content (AvgIpc) is 3.14. The topological polar surface area (TPSA) is 97.2 Å². The number of carbonyl (C=O) groups is 1. The third kappa shape index (κ3) is 4.80. The van der Waals surface area contributed by atoms with Gasteiger partial charge in [-0.2, -0.15) is 5.10 Å². The number of anilines is 2. The van der Waals surface area contributed by atoms with Crippen LogP contribution in [-0.2, 0) is 14.8 Å². The van der Waals surface area contributed by atoms with E-state index in [4.69, 9.17) is 11.6 Å². The Morgan fingerprint density at radius 3 is 2.57 bits per heavy atom. The summed E-state index contributed by atoms with van der Waals surface area (Å²) in [7, 11) is -3.88. The molecule has 0 radical (unpaired) electrons. The molecule has 1 amide bonds. The zero-order chi connectivity index (χ0) is 21.9. The molecule has 30 heavy (non-hydrogen) atoms. The Kier molecular flexibility index (Phi) is 6.42. The number of amides is 1. The van der Waals surface area contributed by atoms with Gasteiger partial charge in [0.05, 0.1) is 33.7 Å². The van der Waals surface area contributed by atoms with Gasteiger partial charge in [0.25, 0.3) is 10.0 Å². The lowest BCUT2D eigenvalue weighted by Gasteiger charge is -2.27. The maximum atomic E-state index is 13.5. The van der Waals surface area contributed by atoms with Gasteiger partial charge in [-0.15, -0.1) is 0 Å². The molecule has 0 saturated carbocycles. The quantitative estimate of drug-likeness (QED) is 0.595. The summed E-state index contributed by atoms with van der Waals surface area (Å²) in [5.74, 6) is 0.0611. The van der Waals surface area contributed by atoms with Crippen LogP contribution in [0.1, 0.15) is 20.8 Å². The molecule has 158 valence electrons. The number of pyridine rings is 1. The molecule has 0 atom stereocenters. The van der Waals surface area contributed by atoms with Crippen LogP contribution in [0, 0.1) is 5.92 Å². The number of hydrogen-bond donors (Lipinski definition) is 1. The molecule has 0 aliphatic heterocycles. The Balaban J connectivity index is 2.16. The van der Waals surface area contributed by atoms with E-state index in [1.165, 1.54) is 28.3 Å². The highest BCUT2D eigenvalue weighted by molar-refractivity contribution is 7.92. The second-order valence-electron chi connectivity index (χ2n) is 7.09. The van der Waals surface area contributed by atoms with Crippen molar-refractivity contribution in [3.8, 4) is 5.82 Å². The molecule has 3 aromatic rings. The Morgan fingerprint density at radius 1 is 1.23 bits per heavy atom. The van der Waals surface area contributed by atoms with E-state index in [0.29, 0.717) is 10.7 Å². The molecule has 10 heteroatoms. The van der Waals surface area contributed by atoms with E-state index in [-0.39, 0.29) is 34.8 Å². The number of hydrogen-bond acceptors (Lipinski definition) is 5. The largest absolute Gasteiger partial charge is 0.324 e. The highest BCUT2D eigenvalue weighted by Crippen LogP contribution is 2.31. The van der Waals surface area contributed by atoms with Crippen LogP contribution < -0.4 is 9.62 Å². The van der Waals surface area contributed by atoms with Gasteiger partial charge in [0, 0.05) is 19.7 Å². The first-order chi connectivity index (χ1) is 14.2. The third-order valence-electron chi connectivity index (χ3n) is 4.06. The average molecular weight is 448 g/mol. The minimum atomic E-state index is -3.88. The van der Waals surface area contributed by atoms with E-state index in [9.17, 15) is 13.2 Å². The van der Waals surface area contributed by atoms with Crippen molar-refractivity contribution in [3.05, 3.63) is 60.0 Å². The molecule has 0 saturated heterocycles. The highest BCUT2D eigenvalue weighted by Gasteiger charge is 2.29. The zero-order valence-corrected chi connectivity index (χ0v) is 18.4. The van der Waals surface area contributed by atoms with Gasteiger partial charge in [0.15, 0.2) is 5.82 Å². The fraction of sp³-hybridized carbons (Fsp3) is 0.250. The SMILES string of the molecule is CC(=O)Nc1cnn(-c2ncc(Cl)cc2N(CC(C)C)S(=O)(=O)c2ccccc2)c1. The smallest absolute Gasteiger partial charge is 0.264 e. The first kappa shape index (κ1) is 21.8. The van der Waals surface area contributed by atoms with Crippen molar-refractivity contribution in [2.45, 2.75) is 25.7 Å². The van der Waals surface area contributed by atoms with Crippen molar-refractivity contribution in [1.82, 2.24) is 14.8 Å². The molecule has 0 unspecified atom stereocenters. The highest BCUT2D eigenvalue weighted by atomic mass is 35.5. The van der Waals surface area contributed by atoms with E-state index in [0.717, 1.165) is 0 Å². The maximum absolute atomic E-state index is 13.5. The number of carbonyl (C=O) groups excluding carboxylic acids is 1. The molecule has 1 N–H and O–H groups in total. The van der Waals surface area contributed by atoms with Crippen molar-refractivity contribution in [2.75, 3.05) is 16.2 Å². The Labute approximate surface area is 180 Å². The number of halogens is 1. The normalized spacial score (nSPS) is 11.5. The summed E-state index contributed by atoms with van der Waals surface area (Å²) in [5, 5.41) is 7.15. The predicted molar refractivity (Wildman–Crippen MR) is 116 cm³/mol. The number of aromatic nitrogens is 3. The van der Waals surface area contributed by atoms with Gasteiger partial charge < -0.3 is 5.32 Å². The van der Waals surface area contributed by atoms with Crippen molar-refractivity contribution < 1.29 is 13.2 Å². The Bertz CT molecular complexity index is 1150. The van der Waals surface area contributed by atoms with Gasteiger partial charge >= 0.3 is 0 Å². The molecule has 0 aliphatic carbocycles. The van der Waals surface area contributed by atoms with Crippen LogP contribution >= 0.6 is 11.6 Å². The molecular formula is C20H22ClN5O3S. The van der Waals surface area contributed by atoms with Crippen LogP contribution in [0.3, 0.4) is 0 Å². The van der Waals surface area contributed by atoms with Crippen molar-refractivity contribution >= 4 is 38.9 Å². The standard InChI is InChI=1S/C20H22ClN5O3S/c1-14(2)12-26(30(28,29)18-7-5-4-6-8-18)19-9-16(21)10-22-20(19)25-13-17(11-23-25)24-15(3)27/h4-11,13-14H,12H2,1-3H3,(H,24,27). The molecule has 1 aromatic carbocycles. The van der Waals surface area contributed by atoms with Crippen LogP contribution in [-0.4, -0.2) is 35.6 Å². The van der Waals surface area contributed by atoms with Crippen LogP contribution in [0.15, 0.2) is 59.9 Å². The summed E-state index contributed by atoms with van der Waals surface area (Å²) in [6.07, 6.45) is 4.44. The molecule has 2 aromatic heterocycles. The van der Waals surface area contributed by atoms with E-state index < -0.39 is 10.0 Å². The number of rotatable bonds is 7. The molecule has 2 heterocycles. The molecule has 0 bridgehead atoms. The van der Waals surface area contributed by atoms with Crippen LogP contribution in [0.2, 0.25) is 5.02 Å². The second kappa shape index (κ2) is 8.85. The van der Waals surface area contributed by atoms with E-state index in [1.807, 2.05) is 13.8 Å². The van der Waals surface area contributed by atoms with Crippen molar-refractivity contribution in [1.29, 1.82) is 0 Å². The molecule has 8 nitrogen and oxygen atoms in total. The first-order valence-corrected chi connectivity index (χ1v) is 11.1. The lowest BCUT2D eigenvalue weighted by molar-refractivity contribution is -0.114. The minimum absolute atomic E-state index is 0.0304. The van der Waals surface area contributed by atoms with Gasteiger partial charge in [-0.3, -0.25) is 9.10 Å². The Hall–Kier alpha value is -2.91. The van der Waals surface area contributed by atoms with Crippen molar-refractivity contribution in [3.63, 3.8) is 0 Å². The monoisotopic (exact) mass is 447 g/mol. The second-order valence-corrected chi connectivity index (χ2v) is 9.39. The summed E-state index contributed by atoms with van der Waals surface area (Å²) in [5.41, 5.74) is 0.754. The molecule has 0 spiro atoms.